The summed E-state index contributed by atoms with van der Waals surface area (Å²) in [6.45, 7) is 1.96. The maximum atomic E-state index is 13.4. The number of anilines is 1. The van der Waals surface area contributed by atoms with E-state index >= 15 is 0 Å². The van der Waals surface area contributed by atoms with Crippen LogP contribution >= 0.6 is 0 Å². The summed E-state index contributed by atoms with van der Waals surface area (Å²) in [6, 6.07) is 10.4. The van der Waals surface area contributed by atoms with Gasteiger partial charge in [-0.15, -0.1) is 0 Å². The molecule has 0 saturated carbocycles. The lowest BCUT2D eigenvalue weighted by atomic mass is 10.2. The zero-order chi connectivity index (χ0) is 22.4. The number of nitrogens with zero attached hydrogens (tertiary/aromatic N) is 1. The van der Waals surface area contributed by atoms with E-state index in [0.29, 0.717) is 17.9 Å². The monoisotopic (exact) mass is 447 g/mol. The number of halogens is 2. The van der Waals surface area contributed by atoms with Crippen molar-refractivity contribution in [1.29, 1.82) is 0 Å². The first-order chi connectivity index (χ1) is 14.8. The van der Waals surface area contributed by atoms with Crippen LogP contribution in [0.5, 0.6) is 5.75 Å². The number of sulfonamides is 1. The van der Waals surface area contributed by atoms with Crippen molar-refractivity contribution in [3.05, 3.63) is 83.7 Å². The quantitative estimate of drug-likeness (QED) is 0.551. The third-order valence-electron chi connectivity index (χ3n) is 4.18. The van der Waals surface area contributed by atoms with Gasteiger partial charge in [-0.2, -0.15) is 0 Å². The highest BCUT2D eigenvalue weighted by Gasteiger charge is 2.23. The molecule has 0 bridgehead atoms. The zero-order valence-corrected chi connectivity index (χ0v) is 17.2. The van der Waals surface area contributed by atoms with Gasteiger partial charge in [0.15, 0.2) is 11.6 Å². The number of amides is 1. The molecule has 1 amide bonds. The summed E-state index contributed by atoms with van der Waals surface area (Å²) in [4.78, 5) is 16.3. The van der Waals surface area contributed by atoms with Crippen LogP contribution in [0.3, 0.4) is 0 Å². The number of carbonyl (C=O) groups is 1. The summed E-state index contributed by atoms with van der Waals surface area (Å²) in [5.41, 5.74) is 0.336. The smallest absolute Gasteiger partial charge is 0.262 e. The minimum atomic E-state index is -4.17. The van der Waals surface area contributed by atoms with E-state index in [1.807, 2.05) is 0 Å². The minimum absolute atomic E-state index is 0.112. The van der Waals surface area contributed by atoms with Gasteiger partial charge >= 0.3 is 0 Å². The molecule has 162 valence electrons. The zero-order valence-electron chi connectivity index (χ0n) is 16.4. The average Bonchev–Trinajstić information content (AvgIpc) is 2.76. The van der Waals surface area contributed by atoms with Crippen molar-refractivity contribution in [3.63, 3.8) is 0 Å². The van der Waals surface area contributed by atoms with E-state index in [1.54, 1.807) is 6.92 Å². The van der Waals surface area contributed by atoms with Crippen molar-refractivity contribution in [2.45, 2.75) is 18.4 Å². The highest BCUT2D eigenvalue weighted by molar-refractivity contribution is 7.92. The second-order valence-electron chi connectivity index (χ2n) is 6.34. The van der Waals surface area contributed by atoms with Crippen LogP contribution < -0.4 is 14.8 Å². The molecule has 1 heterocycles. The lowest BCUT2D eigenvalue weighted by Crippen LogP contribution is -2.26. The molecule has 3 rings (SSSR count). The van der Waals surface area contributed by atoms with E-state index < -0.39 is 27.6 Å². The standard InChI is InChI=1S/C21H19F2N3O4S/c1-2-30-19-9-10-24-13-18(19)26-31(28,29)20-6-4-3-5-15(20)21(27)25-12-14-7-8-16(22)17(23)11-14/h3-11,13,26H,2,12H2,1H3,(H,25,27). The fourth-order valence-electron chi connectivity index (χ4n) is 2.76. The second-order valence-corrected chi connectivity index (χ2v) is 7.99. The third-order valence-corrected chi connectivity index (χ3v) is 5.61. The maximum absolute atomic E-state index is 13.4. The van der Waals surface area contributed by atoms with Crippen LogP contribution in [0.2, 0.25) is 0 Å². The molecular weight excluding hydrogens is 428 g/mol. The van der Waals surface area contributed by atoms with Crippen LogP contribution in [0.4, 0.5) is 14.5 Å². The van der Waals surface area contributed by atoms with Crippen molar-refractivity contribution in [2.24, 2.45) is 0 Å². The molecule has 0 unspecified atom stereocenters. The number of carbonyl (C=O) groups excluding carboxylic acids is 1. The van der Waals surface area contributed by atoms with Crippen LogP contribution in [0.1, 0.15) is 22.8 Å². The number of hydrogen-bond acceptors (Lipinski definition) is 5. The fourth-order valence-corrected chi connectivity index (χ4v) is 4.02. The summed E-state index contributed by atoms with van der Waals surface area (Å²) < 4.78 is 60.1. The molecular formula is C21H19F2N3O4S. The largest absolute Gasteiger partial charge is 0.492 e. The van der Waals surface area contributed by atoms with Gasteiger partial charge in [0.05, 0.1) is 18.4 Å². The van der Waals surface area contributed by atoms with Gasteiger partial charge in [0, 0.05) is 18.8 Å². The second kappa shape index (κ2) is 9.52. The van der Waals surface area contributed by atoms with Gasteiger partial charge in [-0.3, -0.25) is 14.5 Å². The van der Waals surface area contributed by atoms with E-state index in [0.717, 1.165) is 12.1 Å². The first kappa shape index (κ1) is 22.2. The first-order valence-corrected chi connectivity index (χ1v) is 10.7. The number of hydrogen-bond donors (Lipinski definition) is 2. The molecule has 7 nitrogen and oxygen atoms in total. The average molecular weight is 447 g/mol. The molecule has 31 heavy (non-hydrogen) atoms. The van der Waals surface area contributed by atoms with Crippen LogP contribution in [-0.4, -0.2) is 25.9 Å². The van der Waals surface area contributed by atoms with Crippen LogP contribution in [0.15, 0.2) is 65.8 Å². The Kier molecular flexibility index (Phi) is 6.81. The Labute approximate surface area is 178 Å². The number of pyridine rings is 1. The van der Waals surface area contributed by atoms with Crippen LogP contribution in [-0.2, 0) is 16.6 Å². The topological polar surface area (TPSA) is 97.4 Å². The first-order valence-electron chi connectivity index (χ1n) is 9.22. The summed E-state index contributed by atoms with van der Waals surface area (Å²) in [5, 5.41) is 2.51. The number of ether oxygens (including phenoxy) is 1. The van der Waals surface area contributed by atoms with Gasteiger partial charge < -0.3 is 10.1 Å². The number of benzene rings is 2. The predicted molar refractivity (Wildman–Crippen MR) is 110 cm³/mol. The Balaban J connectivity index is 1.83. The van der Waals surface area contributed by atoms with Gasteiger partial charge in [0.2, 0.25) is 0 Å². The van der Waals surface area contributed by atoms with Crippen LogP contribution in [0, 0.1) is 11.6 Å². The molecule has 0 aliphatic heterocycles. The number of rotatable bonds is 8. The Morgan fingerprint density at radius 3 is 2.61 bits per heavy atom. The molecule has 3 aromatic rings. The molecule has 0 saturated heterocycles. The molecule has 0 fully saturated rings. The predicted octanol–water partition coefficient (Wildman–Crippen LogP) is 3.49. The van der Waals surface area contributed by atoms with Crippen molar-refractivity contribution >= 4 is 21.6 Å². The molecule has 0 aliphatic rings. The Bertz CT molecular complexity index is 1200. The van der Waals surface area contributed by atoms with E-state index in [1.165, 1.54) is 48.8 Å². The number of nitrogens with one attached hydrogen (secondary N) is 2. The van der Waals surface area contributed by atoms with E-state index in [4.69, 9.17) is 4.74 Å². The minimum Gasteiger partial charge on any atom is -0.492 e. The molecule has 10 heteroatoms. The van der Waals surface area contributed by atoms with E-state index in [9.17, 15) is 22.0 Å². The summed E-state index contributed by atoms with van der Waals surface area (Å²) in [7, 11) is -4.17. The normalized spacial score (nSPS) is 11.1. The fraction of sp³-hybridized carbons (Fsp3) is 0.143. The number of aromatic nitrogens is 1. The molecule has 2 aromatic carbocycles. The Hall–Kier alpha value is -3.53. The highest BCUT2D eigenvalue weighted by atomic mass is 32.2. The summed E-state index contributed by atoms with van der Waals surface area (Å²) >= 11 is 0. The Morgan fingerprint density at radius 1 is 1.10 bits per heavy atom. The highest BCUT2D eigenvalue weighted by Crippen LogP contribution is 2.26. The molecule has 0 atom stereocenters. The molecule has 0 aliphatic carbocycles. The van der Waals surface area contributed by atoms with Crippen molar-refractivity contribution in [2.75, 3.05) is 11.3 Å². The molecule has 0 radical (unpaired) electrons. The van der Waals surface area contributed by atoms with Gasteiger partial charge in [-0.05, 0) is 36.8 Å². The van der Waals surface area contributed by atoms with Gasteiger partial charge in [-0.1, -0.05) is 18.2 Å². The van der Waals surface area contributed by atoms with Crippen molar-refractivity contribution < 1.29 is 26.7 Å². The molecule has 0 spiro atoms. The van der Waals surface area contributed by atoms with Crippen molar-refractivity contribution in [1.82, 2.24) is 10.3 Å². The van der Waals surface area contributed by atoms with Gasteiger partial charge in [-0.25, -0.2) is 17.2 Å². The Morgan fingerprint density at radius 2 is 1.87 bits per heavy atom. The molecule has 2 N–H and O–H groups in total. The lowest BCUT2D eigenvalue weighted by Gasteiger charge is -2.14. The maximum Gasteiger partial charge on any atom is 0.262 e. The van der Waals surface area contributed by atoms with Crippen molar-refractivity contribution in [3.8, 4) is 5.75 Å². The summed E-state index contributed by atoms with van der Waals surface area (Å²) in [5.74, 6) is -2.44. The summed E-state index contributed by atoms with van der Waals surface area (Å²) in [6.07, 6.45) is 2.76. The van der Waals surface area contributed by atoms with E-state index in [-0.39, 0.29) is 22.7 Å². The van der Waals surface area contributed by atoms with Crippen LogP contribution in [0.25, 0.3) is 0 Å². The molecule has 1 aromatic heterocycles. The SMILES string of the molecule is CCOc1ccncc1NS(=O)(=O)c1ccccc1C(=O)NCc1ccc(F)c(F)c1. The van der Waals surface area contributed by atoms with Gasteiger partial charge in [0.1, 0.15) is 16.3 Å². The van der Waals surface area contributed by atoms with Gasteiger partial charge in [0.25, 0.3) is 15.9 Å². The lowest BCUT2D eigenvalue weighted by molar-refractivity contribution is 0.0947. The van der Waals surface area contributed by atoms with E-state index in [2.05, 4.69) is 15.0 Å². The third kappa shape index (κ3) is 5.34.